The zero-order valence-electron chi connectivity index (χ0n) is 9.97. The molecule has 0 fully saturated rings. The molecule has 5 nitrogen and oxygen atoms in total. The van der Waals surface area contributed by atoms with E-state index in [4.69, 9.17) is 9.84 Å². The van der Waals surface area contributed by atoms with E-state index in [1.165, 1.54) is 6.92 Å². The van der Waals surface area contributed by atoms with Crippen molar-refractivity contribution in [2.45, 2.75) is 19.1 Å². The lowest BCUT2D eigenvalue weighted by atomic mass is 10.3. The van der Waals surface area contributed by atoms with Crippen LogP contribution in [0.5, 0.6) is 5.75 Å². The highest BCUT2D eigenvalue weighted by molar-refractivity contribution is 9.10. The zero-order valence-corrected chi connectivity index (χ0v) is 11.6. The van der Waals surface area contributed by atoms with Gasteiger partial charge in [0.15, 0.2) is 0 Å². The number of nitrogens with one attached hydrogen (secondary N) is 1. The van der Waals surface area contributed by atoms with Crippen molar-refractivity contribution in [2.75, 3.05) is 13.2 Å². The van der Waals surface area contributed by atoms with Gasteiger partial charge < -0.3 is 20.3 Å². The van der Waals surface area contributed by atoms with Gasteiger partial charge in [-0.25, -0.2) is 0 Å². The fourth-order valence-electron chi connectivity index (χ4n) is 1.18. The quantitative estimate of drug-likeness (QED) is 0.705. The molecule has 1 aromatic carbocycles. The molecule has 2 atom stereocenters. The lowest BCUT2D eigenvalue weighted by molar-refractivity contribution is -0.139. The van der Waals surface area contributed by atoms with Crippen LogP contribution < -0.4 is 10.1 Å². The van der Waals surface area contributed by atoms with Crippen LogP contribution in [0.15, 0.2) is 28.7 Å². The molecule has 0 radical (unpaired) electrons. The van der Waals surface area contributed by atoms with E-state index >= 15 is 0 Å². The van der Waals surface area contributed by atoms with Crippen molar-refractivity contribution >= 4 is 21.9 Å². The summed E-state index contributed by atoms with van der Waals surface area (Å²) in [7, 11) is 0. The summed E-state index contributed by atoms with van der Waals surface area (Å²) in [6.07, 6.45) is -0.754. The SMILES string of the molecule is C[C@H](NC[C@H](O)COc1ccc(Br)cc1)C(=O)O. The fraction of sp³-hybridized carbons (Fsp3) is 0.417. The smallest absolute Gasteiger partial charge is 0.320 e. The molecule has 0 saturated heterocycles. The highest BCUT2D eigenvalue weighted by Gasteiger charge is 2.12. The largest absolute Gasteiger partial charge is 0.491 e. The van der Waals surface area contributed by atoms with Gasteiger partial charge in [-0.15, -0.1) is 0 Å². The van der Waals surface area contributed by atoms with E-state index in [9.17, 15) is 9.90 Å². The molecule has 6 heteroatoms. The van der Waals surface area contributed by atoms with Gasteiger partial charge in [0.2, 0.25) is 0 Å². The standard InChI is InChI=1S/C12H16BrNO4/c1-8(12(16)17)14-6-10(15)7-18-11-4-2-9(13)3-5-11/h2-5,8,10,14-15H,6-7H2,1H3,(H,16,17)/t8-,10-/m0/s1. The Labute approximate surface area is 114 Å². The Bertz CT molecular complexity index is 382. The van der Waals surface area contributed by atoms with Crippen LogP contribution in [0.4, 0.5) is 0 Å². The van der Waals surface area contributed by atoms with Gasteiger partial charge >= 0.3 is 5.97 Å². The monoisotopic (exact) mass is 317 g/mol. The second-order valence-corrected chi connectivity index (χ2v) is 4.80. The minimum Gasteiger partial charge on any atom is -0.491 e. The van der Waals surface area contributed by atoms with Gasteiger partial charge in [-0.05, 0) is 31.2 Å². The van der Waals surface area contributed by atoms with Crippen molar-refractivity contribution in [2.24, 2.45) is 0 Å². The molecule has 0 amide bonds. The molecule has 0 heterocycles. The summed E-state index contributed by atoms with van der Waals surface area (Å²) in [6, 6.07) is 6.56. The highest BCUT2D eigenvalue weighted by atomic mass is 79.9. The number of ether oxygens (including phenoxy) is 1. The summed E-state index contributed by atoms with van der Waals surface area (Å²) in [5.74, 6) is -0.292. The first-order chi connectivity index (χ1) is 8.49. The molecule has 0 spiro atoms. The Morgan fingerprint density at radius 1 is 1.44 bits per heavy atom. The Morgan fingerprint density at radius 3 is 2.61 bits per heavy atom. The van der Waals surface area contributed by atoms with Crippen molar-refractivity contribution in [1.29, 1.82) is 0 Å². The number of halogens is 1. The minimum atomic E-state index is -0.948. The molecule has 0 aromatic heterocycles. The number of benzene rings is 1. The second kappa shape index (κ2) is 7.35. The van der Waals surface area contributed by atoms with E-state index in [-0.39, 0.29) is 13.2 Å². The van der Waals surface area contributed by atoms with Crippen LogP contribution >= 0.6 is 15.9 Å². The highest BCUT2D eigenvalue weighted by Crippen LogP contribution is 2.16. The third-order valence-electron chi connectivity index (χ3n) is 2.29. The number of aliphatic hydroxyl groups is 1. The molecular weight excluding hydrogens is 302 g/mol. The average molecular weight is 318 g/mol. The number of rotatable bonds is 7. The lowest BCUT2D eigenvalue weighted by Gasteiger charge is -2.15. The number of aliphatic hydroxyl groups excluding tert-OH is 1. The molecule has 1 aromatic rings. The maximum absolute atomic E-state index is 10.5. The van der Waals surface area contributed by atoms with Gasteiger partial charge in [0, 0.05) is 11.0 Å². The second-order valence-electron chi connectivity index (χ2n) is 3.89. The molecule has 0 aliphatic heterocycles. The average Bonchev–Trinajstić information content (AvgIpc) is 2.35. The summed E-state index contributed by atoms with van der Waals surface area (Å²) < 4.78 is 6.31. The summed E-state index contributed by atoms with van der Waals surface area (Å²) >= 11 is 3.31. The maximum atomic E-state index is 10.5. The molecule has 0 aliphatic rings. The molecule has 1 rings (SSSR count). The fourth-order valence-corrected chi connectivity index (χ4v) is 1.45. The molecule has 3 N–H and O–H groups in total. The molecule has 0 unspecified atom stereocenters. The van der Waals surface area contributed by atoms with Gasteiger partial charge in [-0.1, -0.05) is 15.9 Å². The van der Waals surface area contributed by atoms with Gasteiger partial charge in [0.25, 0.3) is 0 Å². The van der Waals surface area contributed by atoms with Crippen molar-refractivity contribution in [3.8, 4) is 5.75 Å². The van der Waals surface area contributed by atoms with Crippen LogP contribution in [0.25, 0.3) is 0 Å². The van der Waals surface area contributed by atoms with Crippen molar-refractivity contribution in [3.63, 3.8) is 0 Å². The maximum Gasteiger partial charge on any atom is 0.320 e. The van der Waals surface area contributed by atoms with Crippen LogP contribution in [-0.2, 0) is 4.79 Å². The van der Waals surface area contributed by atoms with E-state index in [1.54, 1.807) is 12.1 Å². The molecule has 0 aliphatic carbocycles. The summed E-state index contributed by atoms with van der Waals surface area (Å²) in [4.78, 5) is 10.5. The summed E-state index contributed by atoms with van der Waals surface area (Å²) in [5, 5.41) is 20.9. The predicted octanol–water partition coefficient (Wildman–Crippen LogP) is 1.25. The van der Waals surface area contributed by atoms with Gasteiger partial charge in [-0.2, -0.15) is 0 Å². The first-order valence-electron chi connectivity index (χ1n) is 5.51. The Morgan fingerprint density at radius 2 is 2.06 bits per heavy atom. The van der Waals surface area contributed by atoms with E-state index < -0.39 is 18.1 Å². The molecule has 18 heavy (non-hydrogen) atoms. The van der Waals surface area contributed by atoms with Crippen molar-refractivity contribution in [3.05, 3.63) is 28.7 Å². The van der Waals surface area contributed by atoms with Crippen LogP contribution in [-0.4, -0.2) is 41.5 Å². The molecule has 0 saturated carbocycles. The van der Waals surface area contributed by atoms with Crippen molar-refractivity contribution in [1.82, 2.24) is 5.32 Å². The lowest BCUT2D eigenvalue weighted by Crippen LogP contribution is -2.40. The number of carboxylic acids is 1. The van der Waals surface area contributed by atoms with E-state index in [1.807, 2.05) is 12.1 Å². The van der Waals surface area contributed by atoms with Crippen LogP contribution in [0.1, 0.15) is 6.92 Å². The van der Waals surface area contributed by atoms with Crippen LogP contribution in [0.3, 0.4) is 0 Å². The van der Waals surface area contributed by atoms with E-state index in [0.717, 1.165) is 4.47 Å². The van der Waals surface area contributed by atoms with E-state index in [2.05, 4.69) is 21.2 Å². The van der Waals surface area contributed by atoms with Gasteiger partial charge in [-0.3, -0.25) is 4.79 Å². The molecule has 0 bridgehead atoms. The number of carbonyl (C=O) groups is 1. The van der Waals surface area contributed by atoms with E-state index in [0.29, 0.717) is 5.75 Å². The topological polar surface area (TPSA) is 78.8 Å². The van der Waals surface area contributed by atoms with Crippen molar-refractivity contribution < 1.29 is 19.7 Å². The first-order valence-corrected chi connectivity index (χ1v) is 6.31. The Hall–Kier alpha value is -1.11. The predicted molar refractivity (Wildman–Crippen MR) is 70.7 cm³/mol. The number of hydrogen-bond acceptors (Lipinski definition) is 4. The molecule has 100 valence electrons. The first kappa shape index (κ1) is 14.9. The summed E-state index contributed by atoms with van der Waals surface area (Å²) in [5.41, 5.74) is 0. The summed E-state index contributed by atoms with van der Waals surface area (Å²) in [6.45, 7) is 1.80. The van der Waals surface area contributed by atoms with Gasteiger partial charge in [0.05, 0.1) is 0 Å². The van der Waals surface area contributed by atoms with Gasteiger partial charge in [0.1, 0.15) is 24.5 Å². The zero-order chi connectivity index (χ0) is 13.5. The third kappa shape index (κ3) is 5.48. The third-order valence-corrected chi connectivity index (χ3v) is 2.81. The van der Waals surface area contributed by atoms with Crippen LogP contribution in [0, 0.1) is 0 Å². The minimum absolute atomic E-state index is 0.112. The Balaban J connectivity index is 2.26. The normalized spacial score (nSPS) is 13.9. The number of hydrogen-bond donors (Lipinski definition) is 3. The number of aliphatic carboxylic acids is 1. The van der Waals surface area contributed by atoms with Crippen LogP contribution in [0.2, 0.25) is 0 Å². The molecular formula is C12H16BrNO4. The Kier molecular flexibility index (Phi) is 6.11. The number of carboxylic acid groups (broad SMARTS) is 1.